The third-order valence-corrected chi connectivity index (χ3v) is 6.03. The summed E-state index contributed by atoms with van der Waals surface area (Å²) in [5, 5.41) is 13.1. The highest BCUT2D eigenvalue weighted by molar-refractivity contribution is 8.00. The number of rotatable bonds is 6. The number of imide groups is 1. The maximum absolute atomic E-state index is 12.2. The fourth-order valence-corrected chi connectivity index (χ4v) is 4.20. The predicted molar refractivity (Wildman–Crippen MR) is 93.8 cm³/mol. The minimum absolute atomic E-state index is 0.0175. The van der Waals surface area contributed by atoms with Gasteiger partial charge in [-0.05, 0) is 30.2 Å². The first kappa shape index (κ1) is 17.0. The van der Waals surface area contributed by atoms with Crippen molar-refractivity contribution in [3.05, 3.63) is 17.5 Å². The van der Waals surface area contributed by atoms with Gasteiger partial charge in [0.05, 0.1) is 10.1 Å². The van der Waals surface area contributed by atoms with Gasteiger partial charge in [0, 0.05) is 6.04 Å². The number of amides is 3. The quantitative estimate of drug-likeness (QED) is 0.766. The van der Waals surface area contributed by atoms with Gasteiger partial charge in [-0.1, -0.05) is 31.7 Å². The molecular formula is C15H19N5O2S2. The van der Waals surface area contributed by atoms with Crippen LogP contribution in [0.4, 0.5) is 4.79 Å². The summed E-state index contributed by atoms with van der Waals surface area (Å²) in [5.41, 5.74) is 5.07. The van der Waals surface area contributed by atoms with E-state index in [2.05, 4.69) is 20.1 Å². The highest BCUT2D eigenvalue weighted by Crippen LogP contribution is 2.42. The van der Waals surface area contributed by atoms with Crippen LogP contribution in [0, 0.1) is 5.92 Å². The van der Waals surface area contributed by atoms with Crippen LogP contribution >= 0.6 is 23.1 Å². The Morgan fingerprint density at radius 1 is 1.42 bits per heavy atom. The van der Waals surface area contributed by atoms with E-state index >= 15 is 0 Å². The molecule has 1 saturated carbocycles. The molecule has 0 bridgehead atoms. The second-order valence-corrected chi connectivity index (χ2v) is 8.08. The fourth-order valence-electron chi connectivity index (χ4n) is 2.39. The third-order valence-electron chi connectivity index (χ3n) is 3.66. The number of nitrogens with one attached hydrogen (secondary N) is 1. The Labute approximate surface area is 148 Å². The summed E-state index contributed by atoms with van der Waals surface area (Å²) in [6, 6.07) is 3.54. The van der Waals surface area contributed by atoms with Crippen LogP contribution in [0.1, 0.15) is 32.7 Å². The smallest absolute Gasteiger partial charge is 0.318 e. The minimum Gasteiger partial charge on any atom is -0.351 e. The molecule has 3 N–H and O–H groups in total. The van der Waals surface area contributed by atoms with E-state index in [1.807, 2.05) is 31.4 Å². The molecule has 7 nitrogen and oxygen atoms in total. The Hall–Kier alpha value is -1.87. The molecule has 0 aromatic carbocycles. The number of hydrogen-bond donors (Lipinski definition) is 2. The first-order valence-electron chi connectivity index (χ1n) is 7.73. The molecular weight excluding hydrogens is 346 g/mol. The van der Waals surface area contributed by atoms with Crippen LogP contribution in [-0.2, 0) is 4.79 Å². The highest BCUT2D eigenvalue weighted by Gasteiger charge is 2.33. The van der Waals surface area contributed by atoms with E-state index in [1.54, 1.807) is 11.3 Å². The van der Waals surface area contributed by atoms with E-state index in [0.717, 1.165) is 23.5 Å². The number of thiophene rings is 1. The van der Waals surface area contributed by atoms with Crippen LogP contribution < -0.4 is 11.1 Å². The Morgan fingerprint density at radius 3 is 2.71 bits per heavy atom. The van der Waals surface area contributed by atoms with E-state index in [1.165, 1.54) is 11.8 Å². The molecule has 0 spiro atoms. The zero-order chi connectivity index (χ0) is 17.3. The first-order chi connectivity index (χ1) is 11.5. The van der Waals surface area contributed by atoms with Gasteiger partial charge in [-0.3, -0.25) is 14.7 Å². The summed E-state index contributed by atoms with van der Waals surface area (Å²) in [4.78, 5) is 24.3. The number of urea groups is 1. The summed E-state index contributed by atoms with van der Waals surface area (Å²) in [6.07, 6.45) is 2.17. The van der Waals surface area contributed by atoms with Gasteiger partial charge in [0.25, 0.3) is 0 Å². The van der Waals surface area contributed by atoms with Gasteiger partial charge >= 0.3 is 6.03 Å². The number of thioether (sulfide) groups is 1. The molecule has 1 fully saturated rings. The summed E-state index contributed by atoms with van der Waals surface area (Å²) < 4.78 is 2.11. The summed E-state index contributed by atoms with van der Waals surface area (Å²) >= 11 is 2.95. The number of nitrogens with two attached hydrogens (primary N) is 1. The largest absolute Gasteiger partial charge is 0.351 e. The van der Waals surface area contributed by atoms with E-state index in [4.69, 9.17) is 5.73 Å². The van der Waals surface area contributed by atoms with Gasteiger partial charge in [-0.25, -0.2) is 4.79 Å². The minimum atomic E-state index is -0.839. The normalized spacial score (nSPS) is 15.5. The average Bonchev–Trinajstić information content (AvgIpc) is 3.04. The molecule has 1 unspecified atom stereocenters. The molecule has 2 heterocycles. The first-order valence-corrected chi connectivity index (χ1v) is 9.49. The van der Waals surface area contributed by atoms with Gasteiger partial charge in [0.1, 0.15) is 0 Å². The van der Waals surface area contributed by atoms with Crippen LogP contribution in [0.15, 0.2) is 22.7 Å². The second kappa shape index (κ2) is 6.94. The van der Waals surface area contributed by atoms with Crippen molar-refractivity contribution in [2.45, 2.75) is 43.1 Å². The SMILES string of the molecule is CC(C)C(Sc1nnc(-c2cccs2)n1C1CC1)C(=O)NC(N)=O. The maximum atomic E-state index is 12.2. The molecule has 1 aliphatic rings. The van der Waals surface area contributed by atoms with Crippen molar-refractivity contribution < 1.29 is 9.59 Å². The van der Waals surface area contributed by atoms with Crippen molar-refractivity contribution in [2.75, 3.05) is 0 Å². The van der Waals surface area contributed by atoms with Gasteiger partial charge in [-0.2, -0.15) is 0 Å². The number of nitrogens with zero attached hydrogens (tertiary/aromatic N) is 3. The standard InChI is InChI=1S/C15H19N5O2S2/c1-8(2)11(13(21)17-14(16)22)24-15-19-18-12(10-4-3-7-23-10)20(15)9-5-6-9/h3-4,7-9,11H,5-6H2,1-2H3,(H3,16,17,21,22). The molecule has 3 amide bonds. The monoisotopic (exact) mass is 365 g/mol. The number of carbonyl (C=O) groups is 2. The third kappa shape index (κ3) is 3.62. The number of primary amides is 1. The fraction of sp³-hybridized carbons (Fsp3) is 0.467. The van der Waals surface area contributed by atoms with Crippen LogP contribution in [0.25, 0.3) is 10.7 Å². The predicted octanol–water partition coefficient (Wildman–Crippen LogP) is 2.65. The maximum Gasteiger partial charge on any atom is 0.318 e. The molecule has 9 heteroatoms. The Balaban J connectivity index is 1.88. The van der Waals surface area contributed by atoms with Crippen molar-refractivity contribution in [1.82, 2.24) is 20.1 Å². The summed E-state index contributed by atoms with van der Waals surface area (Å²) in [5.74, 6) is 0.460. The van der Waals surface area contributed by atoms with Crippen molar-refractivity contribution in [3.63, 3.8) is 0 Å². The molecule has 24 heavy (non-hydrogen) atoms. The summed E-state index contributed by atoms with van der Waals surface area (Å²) in [6.45, 7) is 3.85. The lowest BCUT2D eigenvalue weighted by atomic mass is 10.1. The number of aromatic nitrogens is 3. The van der Waals surface area contributed by atoms with Crippen LogP contribution in [0.2, 0.25) is 0 Å². The molecule has 2 aromatic heterocycles. The van der Waals surface area contributed by atoms with Crippen LogP contribution in [-0.4, -0.2) is 32.0 Å². The Kier molecular flexibility index (Phi) is 4.91. The second-order valence-electron chi connectivity index (χ2n) is 6.02. The van der Waals surface area contributed by atoms with E-state index in [0.29, 0.717) is 11.2 Å². The van der Waals surface area contributed by atoms with Gasteiger partial charge < -0.3 is 5.73 Å². The Bertz CT molecular complexity index is 737. The lowest BCUT2D eigenvalue weighted by Gasteiger charge is -2.18. The number of hydrogen-bond acceptors (Lipinski definition) is 6. The molecule has 0 aliphatic heterocycles. The van der Waals surface area contributed by atoms with E-state index in [-0.39, 0.29) is 5.92 Å². The molecule has 1 atom stereocenters. The number of carbonyl (C=O) groups excluding carboxylic acids is 2. The van der Waals surface area contributed by atoms with Crippen molar-refractivity contribution in [2.24, 2.45) is 11.7 Å². The zero-order valence-corrected chi connectivity index (χ0v) is 15.1. The molecule has 3 rings (SSSR count). The van der Waals surface area contributed by atoms with Gasteiger partial charge in [0.2, 0.25) is 5.91 Å². The average molecular weight is 365 g/mol. The molecule has 0 saturated heterocycles. The topological polar surface area (TPSA) is 103 Å². The molecule has 128 valence electrons. The molecule has 2 aromatic rings. The Morgan fingerprint density at radius 2 is 2.17 bits per heavy atom. The zero-order valence-electron chi connectivity index (χ0n) is 13.4. The highest BCUT2D eigenvalue weighted by atomic mass is 32.2. The molecule has 1 aliphatic carbocycles. The van der Waals surface area contributed by atoms with E-state index in [9.17, 15) is 9.59 Å². The summed E-state index contributed by atoms with van der Waals surface area (Å²) in [7, 11) is 0. The molecule has 0 radical (unpaired) electrons. The van der Waals surface area contributed by atoms with Crippen molar-refractivity contribution >= 4 is 35.0 Å². The van der Waals surface area contributed by atoms with Gasteiger partial charge in [-0.15, -0.1) is 21.5 Å². The lowest BCUT2D eigenvalue weighted by molar-refractivity contribution is -0.120. The van der Waals surface area contributed by atoms with Crippen molar-refractivity contribution in [1.29, 1.82) is 0 Å². The van der Waals surface area contributed by atoms with Crippen LogP contribution in [0.5, 0.6) is 0 Å². The van der Waals surface area contributed by atoms with Crippen LogP contribution in [0.3, 0.4) is 0 Å². The van der Waals surface area contributed by atoms with Gasteiger partial charge in [0.15, 0.2) is 11.0 Å². The van der Waals surface area contributed by atoms with Crippen molar-refractivity contribution in [3.8, 4) is 10.7 Å². The lowest BCUT2D eigenvalue weighted by Crippen LogP contribution is -2.42. The van der Waals surface area contributed by atoms with E-state index < -0.39 is 17.2 Å².